The summed E-state index contributed by atoms with van der Waals surface area (Å²) in [6.07, 6.45) is 0.799. The molecular weight excluding hydrogens is 421 g/mol. The van der Waals surface area contributed by atoms with Crippen LogP contribution in [0.5, 0.6) is 0 Å². The molecule has 156 valence electrons. The van der Waals surface area contributed by atoms with Crippen molar-refractivity contribution in [2.45, 2.75) is 35.9 Å². The highest BCUT2D eigenvalue weighted by Crippen LogP contribution is 2.32. The van der Waals surface area contributed by atoms with E-state index in [2.05, 4.69) is 15.6 Å². The second-order valence-corrected chi connectivity index (χ2v) is 8.93. The van der Waals surface area contributed by atoms with Gasteiger partial charge in [0.2, 0.25) is 5.91 Å². The van der Waals surface area contributed by atoms with Crippen LogP contribution in [0.25, 0.3) is 0 Å². The Morgan fingerprint density at radius 2 is 1.90 bits per heavy atom. The first-order chi connectivity index (χ1) is 14.4. The summed E-state index contributed by atoms with van der Waals surface area (Å²) in [7, 11) is 0. The maximum atomic E-state index is 12.9. The number of hydrogen-bond acceptors (Lipinski definition) is 5. The highest BCUT2D eigenvalue weighted by molar-refractivity contribution is 8.01. The summed E-state index contributed by atoms with van der Waals surface area (Å²) >= 11 is 3.22. The first-order valence-electron chi connectivity index (χ1n) is 9.45. The van der Waals surface area contributed by atoms with Crippen LogP contribution in [0.3, 0.4) is 0 Å². The Kier molecular flexibility index (Phi) is 7.59. The average Bonchev–Trinajstić information content (AvgIpc) is 3.12. The standard InChI is InChI=1S/C22H22FN3O2S2/c1-14-12-18(30-22-25-15(2)13-29-22)9-10-19(14)26-20(27)4-3-11-24-21(28)16-5-7-17(23)8-6-16/h5-10,12-13H,3-4,11H2,1-2H3,(H,24,28)(H,26,27). The predicted molar refractivity (Wildman–Crippen MR) is 119 cm³/mol. The largest absolute Gasteiger partial charge is 0.352 e. The van der Waals surface area contributed by atoms with Crippen molar-refractivity contribution in [3.63, 3.8) is 0 Å². The molecule has 0 fully saturated rings. The molecule has 0 atom stereocenters. The molecule has 0 saturated heterocycles. The van der Waals surface area contributed by atoms with Crippen LogP contribution in [0.1, 0.15) is 34.5 Å². The van der Waals surface area contributed by atoms with E-state index in [0.717, 1.165) is 26.2 Å². The third-order valence-electron chi connectivity index (χ3n) is 4.25. The quantitative estimate of drug-likeness (QED) is 0.470. The molecule has 8 heteroatoms. The molecule has 30 heavy (non-hydrogen) atoms. The highest BCUT2D eigenvalue weighted by Gasteiger charge is 2.09. The van der Waals surface area contributed by atoms with E-state index in [1.54, 1.807) is 23.1 Å². The SMILES string of the molecule is Cc1csc(Sc2ccc(NC(=O)CCCNC(=O)c3ccc(F)cc3)c(C)c2)n1. The maximum absolute atomic E-state index is 12.9. The summed E-state index contributed by atoms with van der Waals surface area (Å²) in [6, 6.07) is 11.2. The Hall–Kier alpha value is -2.71. The number of anilines is 1. The van der Waals surface area contributed by atoms with Crippen LogP contribution >= 0.6 is 23.1 Å². The number of benzene rings is 2. The van der Waals surface area contributed by atoms with Crippen molar-refractivity contribution >= 4 is 40.6 Å². The van der Waals surface area contributed by atoms with E-state index in [1.165, 1.54) is 24.3 Å². The molecular formula is C22H22FN3O2S2. The molecule has 2 amide bonds. The van der Waals surface area contributed by atoms with Gasteiger partial charge in [-0.2, -0.15) is 0 Å². The predicted octanol–water partition coefficient (Wildman–Crippen LogP) is 5.20. The van der Waals surface area contributed by atoms with Crippen molar-refractivity contribution < 1.29 is 14.0 Å². The lowest BCUT2D eigenvalue weighted by molar-refractivity contribution is -0.116. The van der Waals surface area contributed by atoms with Gasteiger partial charge in [-0.15, -0.1) is 11.3 Å². The molecule has 0 radical (unpaired) electrons. The van der Waals surface area contributed by atoms with E-state index in [4.69, 9.17) is 0 Å². The first kappa shape index (κ1) is 22.0. The van der Waals surface area contributed by atoms with Crippen LogP contribution in [0.2, 0.25) is 0 Å². The fourth-order valence-corrected chi connectivity index (χ4v) is 4.60. The van der Waals surface area contributed by atoms with Crippen molar-refractivity contribution in [2.24, 2.45) is 0 Å². The number of halogens is 1. The van der Waals surface area contributed by atoms with Gasteiger partial charge >= 0.3 is 0 Å². The van der Waals surface area contributed by atoms with Crippen LogP contribution < -0.4 is 10.6 Å². The monoisotopic (exact) mass is 443 g/mol. The number of carbonyl (C=O) groups is 2. The number of amides is 2. The van der Waals surface area contributed by atoms with Gasteiger partial charge in [-0.25, -0.2) is 9.37 Å². The Labute approximate surface area is 183 Å². The van der Waals surface area contributed by atoms with Gasteiger partial charge in [-0.05, 0) is 68.3 Å². The molecule has 5 nitrogen and oxygen atoms in total. The normalized spacial score (nSPS) is 10.6. The molecule has 0 spiro atoms. The minimum atomic E-state index is -0.386. The van der Waals surface area contributed by atoms with Gasteiger partial charge in [0.1, 0.15) is 5.82 Å². The molecule has 2 N–H and O–H groups in total. The van der Waals surface area contributed by atoms with E-state index in [0.29, 0.717) is 18.5 Å². The number of aryl methyl sites for hydroxylation is 2. The smallest absolute Gasteiger partial charge is 0.251 e. The Balaban J connectivity index is 1.43. The van der Waals surface area contributed by atoms with E-state index in [9.17, 15) is 14.0 Å². The van der Waals surface area contributed by atoms with Crippen molar-refractivity contribution in [1.29, 1.82) is 0 Å². The van der Waals surface area contributed by atoms with E-state index in [1.807, 2.05) is 37.4 Å². The first-order valence-corrected chi connectivity index (χ1v) is 11.1. The Morgan fingerprint density at radius 3 is 2.57 bits per heavy atom. The van der Waals surface area contributed by atoms with Gasteiger partial charge < -0.3 is 10.6 Å². The van der Waals surface area contributed by atoms with Gasteiger partial charge in [-0.1, -0.05) is 11.8 Å². The molecule has 3 aromatic rings. The van der Waals surface area contributed by atoms with Gasteiger partial charge in [0.05, 0.1) is 0 Å². The molecule has 0 unspecified atom stereocenters. The zero-order chi connectivity index (χ0) is 21.5. The summed E-state index contributed by atoms with van der Waals surface area (Å²) in [5.74, 6) is -0.775. The lowest BCUT2D eigenvalue weighted by atomic mass is 10.2. The molecule has 1 aromatic heterocycles. The van der Waals surface area contributed by atoms with Gasteiger partial charge in [-0.3, -0.25) is 9.59 Å². The summed E-state index contributed by atoms with van der Waals surface area (Å²) in [5, 5.41) is 7.67. The number of rotatable bonds is 8. The Bertz CT molecular complexity index is 1040. The van der Waals surface area contributed by atoms with Crippen LogP contribution in [0.4, 0.5) is 10.1 Å². The minimum absolute atomic E-state index is 0.106. The second kappa shape index (κ2) is 10.4. The van der Waals surface area contributed by atoms with Gasteiger partial charge in [0.25, 0.3) is 5.91 Å². The molecule has 1 heterocycles. The van der Waals surface area contributed by atoms with E-state index >= 15 is 0 Å². The van der Waals surface area contributed by atoms with E-state index in [-0.39, 0.29) is 24.1 Å². The second-order valence-electron chi connectivity index (χ2n) is 6.75. The van der Waals surface area contributed by atoms with E-state index < -0.39 is 0 Å². The summed E-state index contributed by atoms with van der Waals surface area (Å²) in [6.45, 7) is 4.29. The maximum Gasteiger partial charge on any atom is 0.251 e. The van der Waals surface area contributed by atoms with Crippen molar-refractivity contribution in [3.05, 3.63) is 70.5 Å². The zero-order valence-corrected chi connectivity index (χ0v) is 18.3. The lowest BCUT2D eigenvalue weighted by Crippen LogP contribution is -2.25. The highest BCUT2D eigenvalue weighted by atomic mass is 32.2. The van der Waals surface area contributed by atoms with Gasteiger partial charge in [0, 0.05) is 40.2 Å². The summed E-state index contributed by atoms with van der Waals surface area (Å²) in [4.78, 5) is 29.7. The number of carbonyl (C=O) groups excluding carboxylic acids is 2. The number of nitrogens with zero attached hydrogens (tertiary/aromatic N) is 1. The van der Waals surface area contributed by atoms with Crippen LogP contribution in [-0.2, 0) is 4.79 Å². The zero-order valence-electron chi connectivity index (χ0n) is 16.7. The molecule has 0 aliphatic carbocycles. The molecule has 0 bridgehead atoms. The fraction of sp³-hybridized carbons (Fsp3) is 0.227. The minimum Gasteiger partial charge on any atom is -0.352 e. The third-order valence-corrected chi connectivity index (χ3v) is 6.29. The van der Waals surface area contributed by atoms with Crippen LogP contribution in [0.15, 0.2) is 57.1 Å². The topological polar surface area (TPSA) is 71.1 Å². The van der Waals surface area contributed by atoms with Crippen LogP contribution in [-0.4, -0.2) is 23.3 Å². The summed E-state index contributed by atoms with van der Waals surface area (Å²) in [5.41, 5.74) is 3.15. The number of aromatic nitrogens is 1. The molecule has 2 aromatic carbocycles. The molecule has 0 saturated carbocycles. The van der Waals surface area contributed by atoms with Crippen LogP contribution in [0, 0.1) is 19.7 Å². The van der Waals surface area contributed by atoms with Crippen molar-refractivity contribution in [3.8, 4) is 0 Å². The van der Waals surface area contributed by atoms with Crippen molar-refractivity contribution in [1.82, 2.24) is 10.3 Å². The number of nitrogens with one attached hydrogen (secondary N) is 2. The van der Waals surface area contributed by atoms with Gasteiger partial charge in [0.15, 0.2) is 4.34 Å². The fourth-order valence-electron chi connectivity index (χ4n) is 2.69. The summed E-state index contributed by atoms with van der Waals surface area (Å²) < 4.78 is 13.9. The molecule has 0 aliphatic heterocycles. The average molecular weight is 444 g/mol. The third kappa shape index (κ3) is 6.40. The van der Waals surface area contributed by atoms with Crippen molar-refractivity contribution in [2.75, 3.05) is 11.9 Å². The lowest BCUT2D eigenvalue weighted by Gasteiger charge is -2.10. The molecule has 0 aliphatic rings. The molecule has 3 rings (SSSR count). The Morgan fingerprint density at radius 1 is 1.13 bits per heavy atom. The number of hydrogen-bond donors (Lipinski definition) is 2. The number of thiazole rings is 1.